The quantitative estimate of drug-likeness (QED) is 0.321. The van der Waals surface area contributed by atoms with Gasteiger partial charge in [-0.15, -0.1) is 0 Å². The zero-order valence-corrected chi connectivity index (χ0v) is 22.6. The van der Waals surface area contributed by atoms with Crippen molar-refractivity contribution in [3.8, 4) is 5.88 Å². The van der Waals surface area contributed by atoms with Crippen molar-refractivity contribution >= 4 is 27.3 Å². The number of benzene rings is 2. The van der Waals surface area contributed by atoms with Crippen molar-refractivity contribution in [2.24, 2.45) is 0 Å². The Kier molecular flexibility index (Phi) is 7.62. The Hall–Kier alpha value is -3.45. The highest BCUT2D eigenvalue weighted by molar-refractivity contribution is 7.89. The molecule has 1 aliphatic heterocycles. The van der Waals surface area contributed by atoms with Crippen LogP contribution in [0, 0.1) is 0 Å². The summed E-state index contributed by atoms with van der Waals surface area (Å²) in [5.41, 5.74) is -0.307. The van der Waals surface area contributed by atoms with Crippen LogP contribution in [0.4, 0.5) is 13.2 Å². The van der Waals surface area contributed by atoms with Crippen molar-refractivity contribution in [2.75, 3.05) is 26.2 Å². The van der Waals surface area contributed by atoms with Gasteiger partial charge < -0.3 is 5.11 Å². The second kappa shape index (κ2) is 10.8. The number of alkyl halides is 3. The van der Waals surface area contributed by atoms with Crippen molar-refractivity contribution in [3.05, 3.63) is 105 Å². The van der Waals surface area contributed by atoms with Crippen molar-refractivity contribution in [1.29, 1.82) is 0 Å². The molecule has 0 bridgehead atoms. The Labute approximate surface area is 233 Å². The van der Waals surface area contributed by atoms with Gasteiger partial charge in [0.25, 0.3) is 5.65 Å². The van der Waals surface area contributed by atoms with E-state index in [2.05, 4.69) is 0 Å². The van der Waals surface area contributed by atoms with Crippen LogP contribution in [0.3, 0.4) is 0 Å². The zero-order chi connectivity index (χ0) is 28.7. The molecule has 1 fully saturated rings. The summed E-state index contributed by atoms with van der Waals surface area (Å²) in [5, 5.41) is 13.0. The lowest BCUT2D eigenvalue weighted by Gasteiger charge is -2.34. The van der Waals surface area contributed by atoms with E-state index in [9.17, 15) is 31.5 Å². The third kappa shape index (κ3) is 5.44. The summed E-state index contributed by atoms with van der Waals surface area (Å²) in [7, 11) is -4.23. The third-order valence-corrected chi connectivity index (χ3v) is 9.10. The van der Waals surface area contributed by atoms with Gasteiger partial charge in [-0.1, -0.05) is 48.0 Å². The number of piperazine rings is 1. The maximum atomic E-state index is 13.5. The molecule has 0 atom stereocenters. The molecule has 2 aromatic heterocycles. The first-order valence-corrected chi connectivity index (χ1v) is 14.1. The Morgan fingerprint density at radius 3 is 2.30 bits per heavy atom. The average molecular weight is 593 g/mol. The SMILES string of the molecule is O=c1c(CN2CCN(S(=O)(=O)c3ccc(Cl)c(C(F)(F)F)c3)CC2)c([O-])[n+](Cc2ccccc2)c2ccccn12. The van der Waals surface area contributed by atoms with Gasteiger partial charge in [0.1, 0.15) is 6.54 Å². The fourth-order valence-corrected chi connectivity index (χ4v) is 6.44. The number of halogens is 4. The number of fused-ring (bicyclic) bond motifs is 1. The number of hydrogen-bond donors (Lipinski definition) is 0. The lowest BCUT2D eigenvalue weighted by atomic mass is 10.2. The Morgan fingerprint density at radius 2 is 1.62 bits per heavy atom. The molecule has 0 aliphatic carbocycles. The number of rotatable bonds is 6. The van der Waals surface area contributed by atoms with Crippen LogP contribution in [0.1, 0.15) is 16.7 Å². The average Bonchev–Trinajstić information content (AvgIpc) is 2.93. The standard InChI is InChI=1S/C27H24ClF3N4O4S/c28-23-10-9-20(16-22(23)27(29,30)31)40(38,39)33-14-12-32(13-15-33)18-21-25(36)34-11-5-4-8-24(34)35(26(21)37)17-19-6-2-1-3-7-19/h1-11,16H,12-15,17-18H2. The Bertz CT molecular complexity index is 1720. The minimum absolute atomic E-state index is 0.00263. The maximum Gasteiger partial charge on any atom is 0.417 e. The number of sulfonamides is 1. The highest BCUT2D eigenvalue weighted by atomic mass is 35.5. The van der Waals surface area contributed by atoms with Crippen LogP contribution in [0.2, 0.25) is 5.02 Å². The predicted molar refractivity (Wildman–Crippen MR) is 139 cm³/mol. The van der Waals surface area contributed by atoms with Crippen molar-refractivity contribution in [1.82, 2.24) is 13.6 Å². The smallest absolute Gasteiger partial charge is 0.417 e. The summed E-state index contributed by atoms with van der Waals surface area (Å²) < 4.78 is 70.1. The molecule has 0 amide bonds. The maximum absolute atomic E-state index is 13.5. The van der Waals surface area contributed by atoms with Gasteiger partial charge in [-0.3, -0.25) is 4.90 Å². The molecule has 3 heterocycles. The first-order valence-electron chi connectivity index (χ1n) is 12.3. The third-order valence-electron chi connectivity index (χ3n) is 6.87. The minimum atomic E-state index is -4.80. The van der Waals surface area contributed by atoms with Crippen molar-refractivity contribution < 1.29 is 31.3 Å². The number of nitrogens with zero attached hydrogens (tertiary/aromatic N) is 4. The van der Waals surface area contributed by atoms with Crippen molar-refractivity contribution in [3.63, 3.8) is 0 Å². The topological polar surface area (TPSA) is 89.0 Å². The molecule has 0 unspecified atom stereocenters. The van der Waals surface area contributed by atoms with E-state index < -0.39 is 43.1 Å². The molecule has 2 aromatic carbocycles. The van der Waals surface area contributed by atoms with Crippen LogP contribution in [-0.2, 0) is 29.3 Å². The lowest BCUT2D eigenvalue weighted by Crippen LogP contribution is -2.50. The molecular formula is C27H24ClF3N4O4S. The molecule has 210 valence electrons. The predicted octanol–water partition coefficient (Wildman–Crippen LogP) is 2.89. The summed E-state index contributed by atoms with van der Waals surface area (Å²) in [6, 6.07) is 17.0. The minimum Gasteiger partial charge on any atom is -0.842 e. The molecule has 0 radical (unpaired) electrons. The van der Waals surface area contributed by atoms with Crippen LogP contribution >= 0.6 is 11.6 Å². The highest BCUT2D eigenvalue weighted by Gasteiger charge is 2.36. The van der Waals surface area contributed by atoms with E-state index in [0.717, 1.165) is 22.0 Å². The molecule has 0 spiro atoms. The van der Waals surface area contributed by atoms with E-state index in [1.165, 1.54) is 8.97 Å². The molecule has 5 rings (SSSR count). The summed E-state index contributed by atoms with van der Waals surface area (Å²) in [6.45, 7) is 0.547. The van der Waals surface area contributed by atoms with Crippen LogP contribution in [0.5, 0.6) is 5.88 Å². The van der Waals surface area contributed by atoms with Gasteiger partial charge in [0.2, 0.25) is 10.0 Å². The largest absolute Gasteiger partial charge is 0.842 e. The summed E-state index contributed by atoms with van der Waals surface area (Å²) in [5.74, 6) is -0.434. The van der Waals surface area contributed by atoms with Crippen LogP contribution in [0.15, 0.2) is 82.6 Å². The molecule has 40 heavy (non-hydrogen) atoms. The molecule has 0 saturated carbocycles. The molecular weight excluding hydrogens is 569 g/mol. The van der Waals surface area contributed by atoms with Gasteiger partial charge in [0.05, 0.1) is 33.1 Å². The van der Waals surface area contributed by atoms with Crippen molar-refractivity contribution in [2.45, 2.75) is 24.2 Å². The second-order valence-corrected chi connectivity index (χ2v) is 11.8. The van der Waals surface area contributed by atoms with Gasteiger partial charge >= 0.3 is 11.7 Å². The van der Waals surface area contributed by atoms with Gasteiger partial charge in [0.15, 0.2) is 0 Å². The molecule has 0 N–H and O–H groups in total. The number of aromatic nitrogens is 2. The van der Waals surface area contributed by atoms with Crippen LogP contribution < -0.4 is 15.2 Å². The zero-order valence-electron chi connectivity index (χ0n) is 21.0. The van der Waals surface area contributed by atoms with E-state index in [0.29, 0.717) is 11.7 Å². The number of pyridine rings is 1. The van der Waals surface area contributed by atoms with E-state index in [1.54, 1.807) is 29.3 Å². The van der Waals surface area contributed by atoms with Gasteiger partial charge in [0, 0.05) is 38.8 Å². The summed E-state index contributed by atoms with van der Waals surface area (Å²) in [6.07, 6.45) is -3.21. The van der Waals surface area contributed by atoms with Gasteiger partial charge in [-0.25, -0.2) is 17.8 Å². The lowest BCUT2D eigenvalue weighted by molar-refractivity contribution is -0.709. The molecule has 4 aromatic rings. The van der Waals surface area contributed by atoms with Crippen LogP contribution in [0.25, 0.3) is 5.65 Å². The molecule has 13 heteroatoms. The molecule has 1 saturated heterocycles. The van der Waals surface area contributed by atoms with E-state index in [-0.39, 0.29) is 44.8 Å². The van der Waals surface area contributed by atoms with Gasteiger partial charge in [-0.05, 0) is 29.8 Å². The fraction of sp³-hybridized carbons (Fsp3) is 0.259. The molecule has 1 aliphatic rings. The fourth-order valence-electron chi connectivity index (χ4n) is 4.77. The first kappa shape index (κ1) is 28.1. The monoisotopic (exact) mass is 592 g/mol. The Morgan fingerprint density at radius 1 is 0.950 bits per heavy atom. The molecule has 8 nitrogen and oxygen atoms in total. The van der Waals surface area contributed by atoms with E-state index >= 15 is 0 Å². The first-order chi connectivity index (χ1) is 19.0. The van der Waals surface area contributed by atoms with Crippen LogP contribution in [-0.4, -0.2) is 48.2 Å². The van der Waals surface area contributed by atoms with Gasteiger partial charge in [-0.2, -0.15) is 21.9 Å². The summed E-state index contributed by atoms with van der Waals surface area (Å²) >= 11 is 5.64. The normalized spacial score (nSPS) is 15.5. The summed E-state index contributed by atoms with van der Waals surface area (Å²) in [4.78, 5) is 14.6. The van der Waals surface area contributed by atoms with E-state index in [4.69, 9.17) is 11.6 Å². The second-order valence-electron chi connectivity index (χ2n) is 9.41. The number of hydrogen-bond acceptors (Lipinski definition) is 5. The van der Waals surface area contributed by atoms with E-state index in [1.807, 2.05) is 30.3 Å². The Balaban J connectivity index is 1.38. The highest BCUT2D eigenvalue weighted by Crippen LogP contribution is 2.36.